The number of rotatable bonds is 6. The van der Waals surface area contributed by atoms with E-state index in [1.165, 1.54) is 23.9 Å². The minimum Gasteiger partial charge on any atom is -0.467 e. The number of furan rings is 1. The van der Waals surface area contributed by atoms with Crippen LogP contribution in [0.5, 0.6) is 5.75 Å². The summed E-state index contributed by atoms with van der Waals surface area (Å²) in [5, 5.41) is 8.90. The molecule has 0 N–H and O–H groups in total. The number of aromatic nitrogens is 3. The van der Waals surface area contributed by atoms with Gasteiger partial charge in [0.15, 0.2) is 5.16 Å². The van der Waals surface area contributed by atoms with E-state index in [-0.39, 0.29) is 5.82 Å². The van der Waals surface area contributed by atoms with Crippen molar-refractivity contribution in [3.8, 4) is 5.75 Å². The average Bonchev–Trinajstić information content (AvgIpc) is 3.45. The fourth-order valence-electron chi connectivity index (χ4n) is 3.34. The Morgan fingerprint density at radius 3 is 2.87 bits per heavy atom. The standard InChI is InChI=1S/C22H18FN3O3S/c23-18-9-16-12-28-21(15-5-2-1-3-6-15)29-20(16)17(10-18)13-30-22-25-24-14-26(22)11-19-7-4-8-27-19/h1-10,14,21H,11-13H2/t21-/m0/s1. The molecule has 0 bridgehead atoms. The topological polar surface area (TPSA) is 62.3 Å². The minimum absolute atomic E-state index is 0.291. The molecule has 0 saturated heterocycles. The molecule has 30 heavy (non-hydrogen) atoms. The van der Waals surface area contributed by atoms with E-state index in [1.807, 2.05) is 47.0 Å². The smallest absolute Gasteiger partial charge is 0.227 e. The number of ether oxygens (including phenoxy) is 2. The van der Waals surface area contributed by atoms with Gasteiger partial charge >= 0.3 is 0 Å². The lowest BCUT2D eigenvalue weighted by molar-refractivity contribution is -0.112. The number of hydrogen-bond donors (Lipinski definition) is 0. The predicted molar refractivity (Wildman–Crippen MR) is 108 cm³/mol. The summed E-state index contributed by atoms with van der Waals surface area (Å²) >= 11 is 1.47. The third-order valence-corrected chi connectivity index (χ3v) is 5.77. The summed E-state index contributed by atoms with van der Waals surface area (Å²) in [6.07, 6.45) is 2.77. The lowest BCUT2D eigenvalue weighted by atomic mass is 10.1. The van der Waals surface area contributed by atoms with Crippen LogP contribution in [0, 0.1) is 5.82 Å². The van der Waals surface area contributed by atoms with E-state index in [9.17, 15) is 4.39 Å². The van der Waals surface area contributed by atoms with E-state index in [1.54, 1.807) is 12.6 Å². The van der Waals surface area contributed by atoms with Gasteiger partial charge in [0.2, 0.25) is 6.29 Å². The van der Waals surface area contributed by atoms with Gasteiger partial charge in [0.25, 0.3) is 0 Å². The van der Waals surface area contributed by atoms with Gasteiger partial charge in [-0.2, -0.15) is 0 Å². The molecule has 0 saturated carbocycles. The maximum absolute atomic E-state index is 14.2. The van der Waals surface area contributed by atoms with Crippen molar-refractivity contribution < 1.29 is 18.3 Å². The monoisotopic (exact) mass is 423 g/mol. The Balaban J connectivity index is 1.36. The number of benzene rings is 2. The van der Waals surface area contributed by atoms with Crippen LogP contribution in [0.15, 0.2) is 76.8 Å². The first kappa shape index (κ1) is 18.9. The van der Waals surface area contributed by atoms with Crippen molar-refractivity contribution in [2.75, 3.05) is 0 Å². The van der Waals surface area contributed by atoms with Crippen molar-refractivity contribution in [3.05, 3.63) is 95.5 Å². The average molecular weight is 423 g/mol. The van der Waals surface area contributed by atoms with Crippen molar-refractivity contribution in [1.82, 2.24) is 14.8 Å². The van der Waals surface area contributed by atoms with Crippen LogP contribution in [0.4, 0.5) is 4.39 Å². The predicted octanol–water partition coefficient (Wildman–Crippen LogP) is 4.96. The number of halogens is 1. The van der Waals surface area contributed by atoms with Gasteiger partial charge in [-0.1, -0.05) is 42.1 Å². The first-order chi connectivity index (χ1) is 14.8. The summed E-state index contributed by atoms with van der Waals surface area (Å²) in [5.41, 5.74) is 2.38. The van der Waals surface area contributed by atoms with Crippen LogP contribution >= 0.6 is 11.8 Å². The van der Waals surface area contributed by atoms with Crippen LogP contribution < -0.4 is 4.74 Å². The van der Waals surface area contributed by atoms with Crippen molar-refractivity contribution in [3.63, 3.8) is 0 Å². The van der Waals surface area contributed by atoms with Crippen LogP contribution in [0.3, 0.4) is 0 Å². The van der Waals surface area contributed by atoms with E-state index >= 15 is 0 Å². The first-order valence-electron chi connectivity index (χ1n) is 9.44. The van der Waals surface area contributed by atoms with Gasteiger partial charge in [0.1, 0.15) is 23.7 Å². The molecule has 3 heterocycles. The van der Waals surface area contributed by atoms with Gasteiger partial charge in [-0.3, -0.25) is 0 Å². The molecule has 4 aromatic rings. The molecule has 0 amide bonds. The SMILES string of the molecule is Fc1cc2c(c(CSc3nncn3Cc3ccco3)c1)O[C@@H](c1ccccc1)OC2. The fraction of sp³-hybridized carbons (Fsp3) is 0.182. The van der Waals surface area contributed by atoms with Crippen molar-refractivity contribution in [2.45, 2.75) is 30.4 Å². The molecule has 0 fully saturated rings. The molecule has 0 spiro atoms. The lowest BCUT2D eigenvalue weighted by Crippen LogP contribution is -2.19. The molecule has 1 aliphatic rings. The van der Waals surface area contributed by atoms with E-state index in [0.29, 0.717) is 30.2 Å². The molecule has 5 rings (SSSR count). The van der Waals surface area contributed by atoms with E-state index in [0.717, 1.165) is 22.0 Å². The normalized spacial score (nSPS) is 15.6. The number of hydrogen-bond acceptors (Lipinski definition) is 6. The Morgan fingerprint density at radius 2 is 2.03 bits per heavy atom. The number of nitrogens with zero attached hydrogens (tertiary/aromatic N) is 3. The molecule has 2 aromatic carbocycles. The lowest BCUT2D eigenvalue weighted by Gasteiger charge is -2.28. The molecule has 0 radical (unpaired) electrons. The van der Waals surface area contributed by atoms with Crippen molar-refractivity contribution >= 4 is 11.8 Å². The summed E-state index contributed by atoms with van der Waals surface area (Å²) in [7, 11) is 0. The largest absolute Gasteiger partial charge is 0.467 e. The Kier molecular flexibility index (Phi) is 5.25. The molecular weight excluding hydrogens is 405 g/mol. The highest BCUT2D eigenvalue weighted by molar-refractivity contribution is 7.98. The van der Waals surface area contributed by atoms with E-state index in [2.05, 4.69) is 10.2 Å². The third kappa shape index (κ3) is 3.96. The summed E-state index contributed by atoms with van der Waals surface area (Å²) in [6.45, 7) is 0.822. The van der Waals surface area contributed by atoms with Gasteiger partial charge < -0.3 is 18.5 Å². The maximum Gasteiger partial charge on any atom is 0.227 e. The Labute approximate surface area is 176 Å². The third-order valence-electron chi connectivity index (χ3n) is 4.74. The van der Waals surface area contributed by atoms with Crippen molar-refractivity contribution in [1.29, 1.82) is 0 Å². The molecule has 0 aliphatic carbocycles. The first-order valence-corrected chi connectivity index (χ1v) is 10.4. The molecule has 8 heteroatoms. The zero-order chi connectivity index (χ0) is 20.3. The van der Waals surface area contributed by atoms with Crippen LogP contribution in [0.25, 0.3) is 0 Å². The quantitative estimate of drug-likeness (QED) is 0.409. The molecule has 1 atom stereocenters. The summed E-state index contributed by atoms with van der Waals surface area (Å²) in [5.74, 6) is 1.65. The van der Waals surface area contributed by atoms with Gasteiger partial charge in [-0.15, -0.1) is 10.2 Å². The zero-order valence-electron chi connectivity index (χ0n) is 15.9. The van der Waals surface area contributed by atoms with Crippen LogP contribution in [0.2, 0.25) is 0 Å². The summed E-state index contributed by atoms with van der Waals surface area (Å²) in [4.78, 5) is 0. The van der Waals surface area contributed by atoms with Crippen LogP contribution in [0.1, 0.15) is 28.7 Å². The van der Waals surface area contributed by atoms with Gasteiger partial charge in [0.05, 0.1) is 19.4 Å². The Hall–Kier alpha value is -3.10. The fourth-order valence-corrected chi connectivity index (χ4v) is 4.22. The Bertz CT molecular complexity index is 1130. The molecule has 1 aliphatic heterocycles. The van der Waals surface area contributed by atoms with Crippen LogP contribution in [-0.4, -0.2) is 14.8 Å². The zero-order valence-corrected chi connectivity index (χ0v) is 16.7. The van der Waals surface area contributed by atoms with Gasteiger partial charge in [-0.05, 0) is 24.3 Å². The molecule has 0 unspecified atom stereocenters. The second kappa shape index (κ2) is 8.33. The number of fused-ring (bicyclic) bond motifs is 1. The second-order valence-corrected chi connectivity index (χ2v) is 7.78. The maximum atomic E-state index is 14.2. The highest BCUT2D eigenvalue weighted by Gasteiger charge is 2.25. The Morgan fingerprint density at radius 1 is 1.13 bits per heavy atom. The highest BCUT2D eigenvalue weighted by atomic mass is 32.2. The molecule has 2 aromatic heterocycles. The molecular formula is C22H18FN3O3S. The summed E-state index contributed by atoms with van der Waals surface area (Å²) < 4.78 is 33.4. The van der Waals surface area contributed by atoms with Gasteiger partial charge in [0, 0.05) is 22.4 Å². The summed E-state index contributed by atoms with van der Waals surface area (Å²) in [6, 6.07) is 16.4. The highest BCUT2D eigenvalue weighted by Crippen LogP contribution is 2.38. The second-order valence-electron chi connectivity index (χ2n) is 6.83. The molecule has 6 nitrogen and oxygen atoms in total. The van der Waals surface area contributed by atoms with Crippen LogP contribution in [-0.2, 0) is 23.6 Å². The van der Waals surface area contributed by atoms with Gasteiger partial charge in [-0.25, -0.2) is 4.39 Å². The van der Waals surface area contributed by atoms with Crippen molar-refractivity contribution in [2.24, 2.45) is 0 Å². The minimum atomic E-state index is -0.518. The van der Waals surface area contributed by atoms with E-state index in [4.69, 9.17) is 13.9 Å². The number of thioether (sulfide) groups is 1. The molecule has 152 valence electrons. The van der Waals surface area contributed by atoms with E-state index < -0.39 is 6.29 Å².